The Morgan fingerprint density at radius 1 is 1.04 bits per heavy atom. The standard InChI is InChI=1S/C19H18ClFO6S/c1-10-15(22)17(27-19(28)26-14-8-4-12(21)5-9-14)16(23)18(24-10)25-13-6-2-11(20)3-7-13/h2-10,15-18,22-23H,1H3/t10-,15-,16+,17+,18+/m0/s1. The summed E-state index contributed by atoms with van der Waals surface area (Å²) in [5.41, 5.74) is 0. The van der Waals surface area contributed by atoms with Crippen molar-refractivity contribution in [1.82, 2.24) is 0 Å². The molecule has 0 unspecified atom stereocenters. The molecule has 0 bridgehead atoms. The first-order valence-corrected chi connectivity index (χ1v) is 9.20. The van der Waals surface area contributed by atoms with E-state index in [1.165, 1.54) is 24.3 Å². The predicted molar refractivity (Wildman–Crippen MR) is 103 cm³/mol. The van der Waals surface area contributed by atoms with Gasteiger partial charge in [0, 0.05) is 17.2 Å². The lowest BCUT2D eigenvalue weighted by Gasteiger charge is -2.40. The van der Waals surface area contributed by atoms with E-state index in [4.69, 9.17) is 42.8 Å². The highest BCUT2D eigenvalue weighted by Gasteiger charge is 2.46. The summed E-state index contributed by atoms with van der Waals surface area (Å²) in [5.74, 6) is 0.246. The van der Waals surface area contributed by atoms with Crippen LogP contribution in [0.25, 0.3) is 0 Å². The minimum absolute atomic E-state index is 0.254. The summed E-state index contributed by atoms with van der Waals surface area (Å²) in [6.45, 7) is 1.61. The number of ether oxygens (including phenoxy) is 4. The van der Waals surface area contributed by atoms with Crippen molar-refractivity contribution >= 4 is 29.1 Å². The third kappa shape index (κ3) is 5.09. The Balaban J connectivity index is 1.66. The van der Waals surface area contributed by atoms with Crippen LogP contribution in [-0.2, 0) is 9.47 Å². The van der Waals surface area contributed by atoms with Gasteiger partial charge < -0.3 is 29.2 Å². The van der Waals surface area contributed by atoms with Crippen molar-refractivity contribution in [2.45, 2.75) is 37.6 Å². The Kier molecular flexibility index (Phi) is 6.69. The molecular weight excluding hydrogens is 411 g/mol. The quantitative estimate of drug-likeness (QED) is 0.724. The van der Waals surface area contributed by atoms with Crippen molar-refractivity contribution < 1.29 is 33.6 Å². The van der Waals surface area contributed by atoms with Crippen LogP contribution in [0.1, 0.15) is 6.92 Å². The first-order valence-electron chi connectivity index (χ1n) is 8.41. The normalized spacial score (nSPS) is 27.1. The van der Waals surface area contributed by atoms with E-state index in [2.05, 4.69) is 0 Å². The monoisotopic (exact) mass is 428 g/mol. The first kappa shape index (κ1) is 20.8. The van der Waals surface area contributed by atoms with Crippen LogP contribution in [0, 0.1) is 5.82 Å². The summed E-state index contributed by atoms with van der Waals surface area (Å²) < 4.78 is 34.9. The van der Waals surface area contributed by atoms with Gasteiger partial charge >= 0.3 is 5.24 Å². The third-order valence-electron chi connectivity index (χ3n) is 4.09. The van der Waals surface area contributed by atoms with Gasteiger partial charge in [-0.15, -0.1) is 0 Å². The van der Waals surface area contributed by atoms with Crippen LogP contribution in [0.3, 0.4) is 0 Å². The predicted octanol–water partition coefficient (Wildman–Crippen LogP) is 3.07. The van der Waals surface area contributed by atoms with Crippen molar-refractivity contribution in [2.24, 2.45) is 0 Å². The number of aliphatic hydroxyl groups excluding tert-OH is 2. The highest BCUT2D eigenvalue weighted by molar-refractivity contribution is 7.79. The minimum Gasteiger partial charge on any atom is -0.462 e. The van der Waals surface area contributed by atoms with Crippen LogP contribution in [0.5, 0.6) is 11.5 Å². The Hall–Kier alpha value is -1.97. The van der Waals surface area contributed by atoms with Crippen molar-refractivity contribution in [3.63, 3.8) is 0 Å². The van der Waals surface area contributed by atoms with Crippen LogP contribution in [0.2, 0.25) is 5.02 Å². The second kappa shape index (κ2) is 9.02. The van der Waals surface area contributed by atoms with Gasteiger partial charge in [-0.1, -0.05) is 11.6 Å². The lowest BCUT2D eigenvalue weighted by Crippen LogP contribution is -2.59. The fraction of sp³-hybridized carbons (Fsp3) is 0.316. The van der Waals surface area contributed by atoms with Gasteiger partial charge in [0.1, 0.15) is 23.4 Å². The zero-order valence-electron chi connectivity index (χ0n) is 14.7. The molecule has 1 aliphatic heterocycles. The summed E-state index contributed by atoms with van der Waals surface area (Å²) in [5, 5.41) is 21.1. The topological polar surface area (TPSA) is 77.4 Å². The Labute approximate surface area is 171 Å². The summed E-state index contributed by atoms with van der Waals surface area (Å²) >= 11 is 10.9. The van der Waals surface area contributed by atoms with Gasteiger partial charge in [0.15, 0.2) is 12.2 Å². The fourth-order valence-corrected chi connectivity index (χ4v) is 2.95. The van der Waals surface area contributed by atoms with Gasteiger partial charge in [-0.2, -0.15) is 0 Å². The SMILES string of the molecule is C[C@@H]1O[C@H](Oc2ccc(Cl)cc2)[C@H](O)[C@H](OC(=S)Oc2ccc(F)cc2)[C@H]1O. The number of hydrogen-bond donors (Lipinski definition) is 2. The molecule has 5 atom stereocenters. The number of halogens is 2. The van der Waals surface area contributed by atoms with E-state index >= 15 is 0 Å². The molecule has 9 heteroatoms. The van der Waals surface area contributed by atoms with Gasteiger partial charge in [0.2, 0.25) is 6.29 Å². The van der Waals surface area contributed by atoms with Gasteiger partial charge in [-0.3, -0.25) is 0 Å². The average molecular weight is 429 g/mol. The van der Waals surface area contributed by atoms with E-state index in [0.717, 1.165) is 0 Å². The smallest absolute Gasteiger partial charge is 0.358 e. The molecule has 0 spiro atoms. The molecule has 1 saturated heterocycles. The van der Waals surface area contributed by atoms with Crippen LogP contribution >= 0.6 is 23.8 Å². The molecule has 0 amide bonds. The summed E-state index contributed by atoms with van der Waals surface area (Å²) in [4.78, 5) is 0. The molecule has 1 aliphatic rings. The maximum atomic E-state index is 13.0. The fourth-order valence-electron chi connectivity index (χ4n) is 2.61. The molecule has 1 fully saturated rings. The van der Waals surface area contributed by atoms with E-state index in [-0.39, 0.29) is 11.0 Å². The minimum atomic E-state index is -1.36. The van der Waals surface area contributed by atoms with Crippen LogP contribution in [-0.4, -0.2) is 46.2 Å². The molecule has 0 aliphatic carbocycles. The maximum Gasteiger partial charge on any atom is 0.358 e. The van der Waals surface area contributed by atoms with Crippen molar-refractivity contribution in [2.75, 3.05) is 0 Å². The average Bonchev–Trinajstić information content (AvgIpc) is 2.67. The molecule has 28 heavy (non-hydrogen) atoms. The largest absolute Gasteiger partial charge is 0.462 e. The second-order valence-corrected chi connectivity index (χ2v) is 6.92. The number of aliphatic hydroxyl groups is 2. The van der Waals surface area contributed by atoms with Crippen LogP contribution in [0.4, 0.5) is 4.39 Å². The van der Waals surface area contributed by atoms with Crippen molar-refractivity contribution in [3.05, 3.63) is 59.4 Å². The number of rotatable bonds is 4. The van der Waals surface area contributed by atoms with Gasteiger partial charge in [0.05, 0.1) is 6.10 Å². The number of thiocarbonyl (C=S) groups is 1. The lowest BCUT2D eigenvalue weighted by molar-refractivity contribution is -0.266. The first-order chi connectivity index (χ1) is 13.3. The number of benzene rings is 2. The summed E-state index contributed by atoms with van der Waals surface area (Å²) in [7, 11) is 0. The zero-order chi connectivity index (χ0) is 20.3. The van der Waals surface area contributed by atoms with Gasteiger partial charge in [0.25, 0.3) is 0 Å². The molecule has 3 rings (SSSR count). The number of hydrogen-bond acceptors (Lipinski definition) is 7. The zero-order valence-corrected chi connectivity index (χ0v) is 16.3. The third-order valence-corrected chi connectivity index (χ3v) is 4.53. The second-order valence-electron chi connectivity index (χ2n) is 6.15. The molecule has 6 nitrogen and oxygen atoms in total. The molecule has 0 saturated carbocycles. The van der Waals surface area contributed by atoms with Gasteiger partial charge in [-0.25, -0.2) is 4.39 Å². The van der Waals surface area contributed by atoms with Crippen molar-refractivity contribution in [3.8, 4) is 11.5 Å². The molecular formula is C19H18ClFO6S. The van der Waals surface area contributed by atoms with E-state index in [9.17, 15) is 14.6 Å². The molecule has 2 aromatic carbocycles. The molecule has 0 aromatic heterocycles. The molecule has 2 N–H and O–H groups in total. The summed E-state index contributed by atoms with van der Waals surface area (Å²) in [6, 6.07) is 11.6. The van der Waals surface area contributed by atoms with Crippen LogP contribution in [0.15, 0.2) is 48.5 Å². The molecule has 2 aromatic rings. The van der Waals surface area contributed by atoms with Gasteiger partial charge in [-0.05, 0) is 55.5 Å². The van der Waals surface area contributed by atoms with E-state index in [0.29, 0.717) is 10.8 Å². The highest BCUT2D eigenvalue weighted by Crippen LogP contribution is 2.27. The molecule has 150 valence electrons. The molecule has 1 heterocycles. The van der Waals surface area contributed by atoms with E-state index in [1.54, 1.807) is 31.2 Å². The van der Waals surface area contributed by atoms with Crippen LogP contribution < -0.4 is 9.47 Å². The summed E-state index contributed by atoms with van der Waals surface area (Å²) in [6.07, 6.45) is -5.53. The lowest BCUT2D eigenvalue weighted by atomic mass is 10.00. The highest BCUT2D eigenvalue weighted by atomic mass is 35.5. The Bertz CT molecular complexity index is 803. The maximum absolute atomic E-state index is 13.0. The Morgan fingerprint density at radius 2 is 1.64 bits per heavy atom. The molecule has 0 radical (unpaired) electrons. The van der Waals surface area contributed by atoms with E-state index < -0.39 is 36.5 Å². The van der Waals surface area contributed by atoms with Crippen molar-refractivity contribution in [1.29, 1.82) is 0 Å². The Morgan fingerprint density at radius 3 is 2.29 bits per heavy atom. The van der Waals surface area contributed by atoms with E-state index in [1.807, 2.05) is 0 Å².